The average molecular weight is 483 g/mol. The van der Waals surface area contributed by atoms with E-state index in [0.29, 0.717) is 5.69 Å². The minimum Gasteiger partial charge on any atom is -0.321 e. The van der Waals surface area contributed by atoms with Crippen molar-refractivity contribution in [3.8, 4) is 0 Å². The second-order valence-corrected chi connectivity index (χ2v) is 10.2. The van der Waals surface area contributed by atoms with E-state index >= 15 is 0 Å². The van der Waals surface area contributed by atoms with Crippen LogP contribution in [0.15, 0.2) is 52.8 Å². The number of aryl methyl sites for hydroxylation is 1. The van der Waals surface area contributed by atoms with Gasteiger partial charge in [0.15, 0.2) is 5.69 Å². The molecule has 0 bridgehead atoms. The molecule has 3 aromatic rings. The van der Waals surface area contributed by atoms with Gasteiger partial charge >= 0.3 is 0 Å². The summed E-state index contributed by atoms with van der Waals surface area (Å²) in [6, 6.07) is 6.83. The lowest BCUT2D eigenvalue weighted by atomic mass is 10.3. The molecule has 3 rings (SSSR count). The zero-order valence-corrected chi connectivity index (χ0v) is 18.5. The number of sulfonamides is 1. The van der Waals surface area contributed by atoms with Gasteiger partial charge in [-0.25, -0.2) is 41.5 Å². The summed E-state index contributed by atoms with van der Waals surface area (Å²) in [7, 11) is -7.70. The molecule has 0 aliphatic rings. The number of hydrogen-bond acceptors (Lipinski definition) is 9. The van der Waals surface area contributed by atoms with Crippen LogP contribution in [0.4, 0.5) is 11.6 Å². The maximum atomic E-state index is 12.5. The predicted molar refractivity (Wildman–Crippen MR) is 112 cm³/mol. The fourth-order valence-corrected chi connectivity index (χ4v) is 3.90. The Morgan fingerprint density at radius 3 is 2.29 bits per heavy atom. The van der Waals surface area contributed by atoms with Crippen molar-refractivity contribution in [3.05, 3.63) is 59.1 Å². The van der Waals surface area contributed by atoms with Gasteiger partial charge in [-0.2, -0.15) is 0 Å². The predicted octanol–water partition coefficient (Wildman–Crippen LogP) is 1.69. The lowest BCUT2D eigenvalue weighted by Gasteiger charge is -2.09. The van der Waals surface area contributed by atoms with Crippen molar-refractivity contribution in [1.29, 1.82) is 0 Å². The van der Waals surface area contributed by atoms with E-state index in [1.165, 1.54) is 30.5 Å². The quantitative estimate of drug-likeness (QED) is 0.498. The second kappa shape index (κ2) is 8.53. The Bertz CT molecular complexity index is 1360. The summed E-state index contributed by atoms with van der Waals surface area (Å²) in [5.41, 5.74) is 0.478. The van der Waals surface area contributed by atoms with Crippen molar-refractivity contribution in [2.75, 3.05) is 16.3 Å². The minimum absolute atomic E-state index is 0.0718. The molecular weight excluding hydrogens is 468 g/mol. The molecule has 2 N–H and O–H groups in total. The summed E-state index contributed by atoms with van der Waals surface area (Å²) in [4.78, 5) is 27.5. The third-order valence-electron chi connectivity index (χ3n) is 3.71. The smallest absolute Gasteiger partial charge is 0.275 e. The first-order valence-electron chi connectivity index (χ1n) is 8.42. The van der Waals surface area contributed by atoms with Crippen LogP contribution in [0.2, 0.25) is 5.02 Å². The van der Waals surface area contributed by atoms with Gasteiger partial charge in [0.25, 0.3) is 15.9 Å². The molecule has 0 spiro atoms. The van der Waals surface area contributed by atoms with E-state index in [1.54, 1.807) is 13.0 Å². The Morgan fingerprint density at radius 2 is 1.68 bits per heavy atom. The number of carbonyl (C=O) groups is 1. The van der Waals surface area contributed by atoms with Gasteiger partial charge in [-0.05, 0) is 37.3 Å². The van der Waals surface area contributed by atoms with Gasteiger partial charge in [-0.3, -0.25) is 4.79 Å². The highest BCUT2D eigenvalue weighted by Gasteiger charge is 2.20. The average Bonchev–Trinajstić information content (AvgIpc) is 2.67. The molecule has 14 heteroatoms. The van der Waals surface area contributed by atoms with Crippen molar-refractivity contribution in [3.63, 3.8) is 0 Å². The fraction of sp³-hybridized carbons (Fsp3) is 0.118. The number of anilines is 2. The lowest BCUT2D eigenvalue weighted by Crippen LogP contribution is -2.17. The van der Waals surface area contributed by atoms with Crippen molar-refractivity contribution >= 4 is 49.0 Å². The number of sulfone groups is 1. The highest BCUT2D eigenvalue weighted by molar-refractivity contribution is 7.92. The summed E-state index contributed by atoms with van der Waals surface area (Å²) in [5.74, 6) is -0.864. The third-order valence-corrected chi connectivity index (χ3v) is 6.19. The topological polar surface area (TPSA) is 161 Å². The van der Waals surface area contributed by atoms with Crippen molar-refractivity contribution in [2.24, 2.45) is 0 Å². The van der Waals surface area contributed by atoms with Crippen LogP contribution in [-0.4, -0.2) is 48.9 Å². The number of nitrogens with one attached hydrogen (secondary N) is 2. The molecule has 31 heavy (non-hydrogen) atoms. The van der Waals surface area contributed by atoms with Gasteiger partial charge in [0.2, 0.25) is 20.9 Å². The van der Waals surface area contributed by atoms with Crippen LogP contribution in [0, 0.1) is 6.92 Å². The monoisotopic (exact) mass is 482 g/mol. The van der Waals surface area contributed by atoms with E-state index in [2.05, 4.69) is 30.0 Å². The van der Waals surface area contributed by atoms with Gasteiger partial charge in [0, 0.05) is 23.8 Å². The van der Waals surface area contributed by atoms with Crippen molar-refractivity contribution in [2.45, 2.75) is 17.0 Å². The van der Waals surface area contributed by atoms with E-state index < -0.39 is 30.9 Å². The highest BCUT2D eigenvalue weighted by atomic mass is 35.5. The zero-order chi connectivity index (χ0) is 22.8. The van der Waals surface area contributed by atoms with E-state index in [0.717, 1.165) is 12.5 Å². The number of carbonyl (C=O) groups excluding carboxylic acids is 1. The maximum absolute atomic E-state index is 12.5. The SMILES string of the molecule is Cc1ccnc(NS(=O)(=O)c2ccc(NC(=O)c3nc(S(C)(=O)=O)ncc3Cl)cc2)n1. The number of aromatic nitrogens is 4. The number of amides is 1. The molecule has 0 fully saturated rings. The summed E-state index contributed by atoms with van der Waals surface area (Å²) in [6.45, 7) is 1.69. The number of hydrogen-bond donors (Lipinski definition) is 2. The Morgan fingerprint density at radius 1 is 1.00 bits per heavy atom. The second-order valence-electron chi connectivity index (χ2n) is 6.23. The fourth-order valence-electron chi connectivity index (χ4n) is 2.27. The lowest BCUT2D eigenvalue weighted by molar-refractivity contribution is 0.102. The first kappa shape index (κ1) is 22.5. The molecule has 0 aliphatic heterocycles. The summed E-state index contributed by atoms with van der Waals surface area (Å²) in [5, 5.41) is 1.77. The van der Waals surface area contributed by atoms with Gasteiger partial charge in [0.05, 0.1) is 16.1 Å². The third kappa shape index (κ3) is 5.51. The van der Waals surface area contributed by atoms with Crippen LogP contribution < -0.4 is 10.0 Å². The van der Waals surface area contributed by atoms with Crippen molar-refractivity contribution < 1.29 is 21.6 Å². The standard InChI is InChI=1S/C17H15ClN6O5S2/c1-10-7-8-19-16(21-10)24-31(28,29)12-5-3-11(4-6-12)22-15(25)14-13(18)9-20-17(23-14)30(2,26)27/h3-9H,1-2H3,(H,22,25)(H,19,21,24). The van der Waals surface area contributed by atoms with Crippen LogP contribution in [0.5, 0.6) is 0 Å². The molecule has 2 aromatic heterocycles. The summed E-state index contributed by atoms with van der Waals surface area (Å²) >= 11 is 5.90. The van der Waals surface area contributed by atoms with Gasteiger partial charge in [0.1, 0.15) is 0 Å². The van der Waals surface area contributed by atoms with E-state index in [-0.39, 0.29) is 27.2 Å². The van der Waals surface area contributed by atoms with Crippen molar-refractivity contribution in [1.82, 2.24) is 19.9 Å². The van der Waals surface area contributed by atoms with E-state index in [1.807, 2.05) is 0 Å². The van der Waals surface area contributed by atoms with E-state index in [4.69, 9.17) is 11.6 Å². The normalized spacial score (nSPS) is 11.7. The Labute approximate surface area is 182 Å². The molecule has 2 heterocycles. The van der Waals surface area contributed by atoms with Gasteiger partial charge in [-0.15, -0.1) is 0 Å². The minimum atomic E-state index is -3.95. The molecule has 0 radical (unpaired) electrons. The molecule has 0 saturated heterocycles. The first-order chi connectivity index (χ1) is 14.5. The molecule has 0 atom stereocenters. The van der Waals surface area contributed by atoms with E-state index in [9.17, 15) is 21.6 Å². The molecular formula is C17H15ClN6O5S2. The number of halogens is 1. The Kier molecular flexibility index (Phi) is 6.20. The summed E-state index contributed by atoms with van der Waals surface area (Å²) < 4.78 is 50.4. The zero-order valence-electron chi connectivity index (χ0n) is 16.1. The Hall–Kier alpha value is -3.16. The van der Waals surface area contributed by atoms with Crippen LogP contribution >= 0.6 is 11.6 Å². The van der Waals surface area contributed by atoms with Crippen LogP contribution in [0.1, 0.15) is 16.2 Å². The van der Waals surface area contributed by atoms with Gasteiger partial charge < -0.3 is 5.32 Å². The number of benzene rings is 1. The number of rotatable bonds is 6. The molecule has 0 aliphatic carbocycles. The molecule has 11 nitrogen and oxygen atoms in total. The number of nitrogens with zero attached hydrogens (tertiary/aromatic N) is 4. The first-order valence-corrected chi connectivity index (χ1v) is 12.2. The van der Waals surface area contributed by atoms with Crippen LogP contribution in [0.3, 0.4) is 0 Å². The molecule has 0 unspecified atom stereocenters. The Balaban J connectivity index is 1.78. The maximum Gasteiger partial charge on any atom is 0.275 e. The molecule has 1 aromatic carbocycles. The highest BCUT2D eigenvalue weighted by Crippen LogP contribution is 2.19. The molecule has 1 amide bonds. The van der Waals surface area contributed by atoms with Crippen LogP contribution in [0.25, 0.3) is 0 Å². The molecule has 162 valence electrons. The molecule has 0 saturated carbocycles. The van der Waals surface area contributed by atoms with Crippen LogP contribution in [-0.2, 0) is 19.9 Å². The summed E-state index contributed by atoms with van der Waals surface area (Å²) in [6.07, 6.45) is 3.33. The van der Waals surface area contributed by atoms with Gasteiger partial charge in [-0.1, -0.05) is 11.6 Å². The largest absolute Gasteiger partial charge is 0.321 e.